The molecule has 0 aromatic heterocycles. The van der Waals surface area contributed by atoms with E-state index in [0.717, 1.165) is 18.4 Å². The number of nitrogens with two attached hydrogens (primary N) is 1. The molecule has 0 amide bonds. The fourth-order valence-corrected chi connectivity index (χ4v) is 2.23. The number of ether oxygens (including phenoxy) is 1. The Kier molecular flexibility index (Phi) is 3.50. The molecule has 0 fully saturated rings. The van der Waals surface area contributed by atoms with Crippen molar-refractivity contribution in [3.05, 3.63) is 23.5 Å². The van der Waals surface area contributed by atoms with Gasteiger partial charge in [-0.3, -0.25) is 0 Å². The monoisotopic (exact) mass is 261 g/mol. The Labute approximate surface area is 101 Å². The van der Waals surface area contributed by atoms with Crippen molar-refractivity contribution in [2.45, 2.75) is 24.3 Å². The van der Waals surface area contributed by atoms with Gasteiger partial charge in [-0.05, 0) is 19.9 Å². The molecular weight excluding hydrogens is 245 g/mol. The van der Waals surface area contributed by atoms with Crippen molar-refractivity contribution >= 4 is 9.84 Å². The molecule has 1 aromatic rings. The van der Waals surface area contributed by atoms with Gasteiger partial charge in [-0.2, -0.15) is 0 Å². The molecule has 0 aliphatic carbocycles. The number of hydrogen-bond donors (Lipinski definition) is 1. The van der Waals surface area contributed by atoms with Crippen LogP contribution in [-0.2, 0) is 15.4 Å². The number of hydrogen-bond acceptors (Lipinski definition) is 4. The molecule has 96 valence electrons. The largest absolute Gasteiger partial charge is 0.496 e. The van der Waals surface area contributed by atoms with E-state index in [2.05, 4.69) is 0 Å². The second kappa shape index (κ2) is 4.27. The van der Waals surface area contributed by atoms with Crippen LogP contribution in [0, 0.1) is 5.82 Å². The van der Waals surface area contributed by atoms with Crippen LogP contribution in [0.1, 0.15) is 19.4 Å². The maximum Gasteiger partial charge on any atom is 0.178 e. The van der Waals surface area contributed by atoms with Crippen LogP contribution in [0.3, 0.4) is 0 Å². The third-order valence-electron chi connectivity index (χ3n) is 2.35. The van der Waals surface area contributed by atoms with Gasteiger partial charge in [-0.25, -0.2) is 12.8 Å². The molecule has 17 heavy (non-hydrogen) atoms. The summed E-state index contributed by atoms with van der Waals surface area (Å²) in [5.41, 5.74) is 5.47. The highest BCUT2D eigenvalue weighted by Gasteiger charge is 2.24. The molecule has 4 nitrogen and oxygen atoms in total. The second-order valence-corrected chi connectivity index (χ2v) is 6.46. The van der Waals surface area contributed by atoms with E-state index in [1.165, 1.54) is 7.11 Å². The second-order valence-electron chi connectivity index (χ2n) is 4.48. The lowest BCUT2D eigenvalue weighted by molar-refractivity contribution is 0.389. The highest BCUT2D eigenvalue weighted by atomic mass is 32.2. The minimum Gasteiger partial charge on any atom is -0.496 e. The lowest BCUT2D eigenvalue weighted by Crippen LogP contribution is -2.29. The molecule has 0 unspecified atom stereocenters. The van der Waals surface area contributed by atoms with Crippen LogP contribution in [-0.4, -0.2) is 21.8 Å². The van der Waals surface area contributed by atoms with Crippen LogP contribution in [0.5, 0.6) is 5.75 Å². The standard InChI is InChI=1S/C11H16FNO3S/c1-11(2,13)7-5-8(12)10(17(4,14)15)6-9(7)16-3/h5-6H,13H2,1-4H3. The zero-order chi connectivity index (χ0) is 13.4. The van der Waals surface area contributed by atoms with E-state index in [1.807, 2.05) is 0 Å². The average Bonchev–Trinajstić information content (AvgIpc) is 2.14. The summed E-state index contributed by atoms with van der Waals surface area (Å²) in [5.74, 6) is -0.554. The lowest BCUT2D eigenvalue weighted by atomic mass is 9.94. The third-order valence-corrected chi connectivity index (χ3v) is 3.46. The molecule has 6 heteroatoms. The number of methoxy groups -OCH3 is 1. The van der Waals surface area contributed by atoms with Crippen molar-refractivity contribution < 1.29 is 17.5 Å². The molecule has 0 heterocycles. The number of benzene rings is 1. The molecule has 1 aromatic carbocycles. The highest BCUT2D eigenvalue weighted by Crippen LogP contribution is 2.32. The van der Waals surface area contributed by atoms with Crippen molar-refractivity contribution in [3.8, 4) is 5.75 Å². The summed E-state index contributed by atoms with van der Waals surface area (Å²) < 4.78 is 41.5. The molecule has 0 radical (unpaired) electrons. The Hall–Kier alpha value is -1.14. The first-order valence-electron chi connectivity index (χ1n) is 4.94. The van der Waals surface area contributed by atoms with Crippen LogP contribution >= 0.6 is 0 Å². The maximum atomic E-state index is 13.7. The summed E-state index contributed by atoms with van der Waals surface area (Å²) in [6.07, 6.45) is 0.943. The Morgan fingerprint density at radius 2 is 1.88 bits per heavy atom. The normalized spacial score (nSPS) is 12.6. The Morgan fingerprint density at radius 1 is 1.35 bits per heavy atom. The fourth-order valence-electron chi connectivity index (χ4n) is 1.49. The van der Waals surface area contributed by atoms with Crippen LogP contribution in [0.25, 0.3) is 0 Å². The van der Waals surface area contributed by atoms with Gasteiger partial charge < -0.3 is 10.5 Å². The molecule has 0 aliphatic heterocycles. The van der Waals surface area contributed by atoms with Gasteiger partial charge in [0.1, 0.15) is 16.5 Å². The Bertz CT molecular complexity index is 532. The topological polar surface area (TPSA) is 69.4 Å². The smallest absolute Gasteiger partial charge is 0.178 e. The van der Waals surface area contributed by atoms with Crippen molar-refractivity contribution in [1.29, 1.82) is 0 Å². The average molecular weight is 261 g/mol. The minimum absolute atomic E-state index is 0.263. The van der Waals surface area contributed by atoms with E-state index in [9.17, 15) is 12.8 Å². The van der Waals surface area contributed by atoms with Gasteiger partial charge in [0.2, 0.25) is 0 Å². The summed E-state index contributed by atoms with van der Waals surface area (Å²) in [4.78, 5) is -0.387. The van der Waals surface area contributed by atoms with E-state index in [-0.39, 0.29) is 10.6 Å². The Morgan fingerprint density at radius 3 is 2.24 bits per heavy atom. The summed E-state index contributed by atoms with van der Waals surface area (Å²) in [5, 5.41) is 0. The highest BCUT2D eigenvalue weighted by molar-refractivity contribution is 7.90. The predicted molar refractivity (Wildman–Crippen MR) is 63.3 cm³/mol. The first-order chi connectivity index (χ1) is 7.57. The van der Waals surface area contributed by atoms with Gasteiger partial charge in [0.25, 0.3) is 0 Å². The van der Waals surface area contributed by atoms with Gasteiger partial charge in [0, 0.05) is 23.4 Å². The van der Waals surface area contributed by atoms with E-state index in [4.69, 9.17) is 10.5 Å². The molecule has 0 saturated heterocycles. The predicted octanol–water partition coefficient (Wildman–Crippen LogP) is 1.43. The zero-order valence-electron chi connectivity index (χ0n) is 10.2. The van der Waals surface area contributed by atoms with Gasteiger partial charge in [0.15, 0.2) is 9.84 Å². The third kappa shape index (κ3) is 2.95. The Balaban J connectivity index is 3.57. The summed E-state index contributed by atoms with van der Waals surface area (Å²) in [6, 6.07) is 2.27. The molecular formula is C11H16FNO3S. The number of rotatable bonds is 3. The molecule has 0 bridgehead atoms. The van der Waals surface area contributed by atoms with E-state index in [0.29, 0.717) is 5.56 Å². The first-order valence-corrected chi connectivity index (χ1v) is 6.83. The van der Waals surface area contributed by atoms with Crippen molar-refractivity contribution in [2.75, 3.05) is 13.4 Å². The van der Waals surface area contributed by atoms with Crippen LogP contribution in [0.15, 0.2) is 17.0 Å². The lowest BCUT2D eigenvalue weighted by Gasteiger charge is -2.22. The van der Waals surface area contributed by atoms with Gasteiger partial charge in [0.05, 0.1) is 7.11 Å². The molecule has 1 rings (SSSR count). The van der Waals surface area contributed by atoms with Crippen molar-refractivity contribution in [1.82, 2.24) is 0 Å². The number of sulfone groups is 1. The summed E-state index contributed by atoms with van der Waals surface area (Å²) in [7, 11) is -2.24. The zero-order valence-corrected chi connectivity index (χ0v) is 11.1. The first kappa shape index (κ1) is 13.9. The quantitative estimate of drug-likeness (QED) is 0.893. The molecule has 0 saturated carbocycles. The number of halogens is 1. The van der Waals surface area contributed by atoms with Gasteiger partial charge >= 0.3 is 0 Å². The SMILES string of the molecule is COc1cc(S(C)(=O)=O)c(F)cc1C(C)(C)N. The summed E-state index contributed by atoms with van der Waals surface area (Å²) in [6.45, 7) is 3.37. The molecule has 0 atom stereocenters. The van der Waals surface area contributed by atoms with Gasteiger partial charge in [-0.1, -0.05) is 0 Å². The van der Waals surface area contributed by atoms with E-state index >= 15 is 0 Å². The summed E-state index contributed by atoms with van der Waals surface area (Å²) >= 11 is 0. The molecule has 2 N–H and O–H groups in total. The van der Waals surface area contributed by atoms with Crippen molar-refractivity contribution in [3.63, 3.8) is 0 Å². The van der Waals surface area contributed by atoms with Crippen LogP contribution in [0.4, 0.5) is 4.39 Å². The molecule has 0 spiro atoms. The van der Waals surface area contributed by atoms with Gasteiger partial charge in [-0.15, -0.1) is 0 Å². The fraction of sp³-hybridized carbons (Fsp3) is 0.455. The van der Waals surface area contributed by atoms with Crippen LogP contribution < -0.4 is 10.5 Å². The maximum absolute atomic E-state index is 13.7. The van der Waals surface area contributed by atoms with E-state index in [1.54, 1.807) is 13.8 Å². The van der Waals surface area contributed by atoms with E-state index < -0.39 is 21.2 Å². The minimum atomic E-state index is -3.62. The molecule has 0 aliphatic rings. The van der Waals surface area contributed by atoms with Crippen molar-refractivity contribution in [2.24, 2.45) is 5.73 Å². The van der Waals surface area contributed by atoms with Crippen LogP contribution in [0.2, 0.25) is 0 Å².